The van der Waals surface area contributed by atoms with E-state index in [9.17, 15) is 4.39 Å². The summed E-state index contributed by atoms with van der Waals surface area (Å²) in [6.07, 6.45) is 1.20. The van der Waals surface area contributed by atoms with E-state index in [2.05, 4.69) is 23.9 Å². The van der Waals surface area contributed by atoms with Gasteiger partial charge in [-0.2, -0.15) is 0 Å². The Kier molecular flexibility index (Phi) is 4.32. The van der Waals surface area contributed by atoms with Crippen LogP contribution in [0, 0.1) is 5.82 Å². The van der Waals surface area contributed by atoms with Crippen molar-refractivity contribution in [2.45, 2.75) is 18.5 Å². The first kappa shape index (κ1) is 13.5. The van der Waals surface area contributed by atoms with Crippen molar-refractivity contribution in [3.8, 4) is 0 Å². The zero-order chi connectivity index (χ0) is 13.1. The molecule has 1 aromatic carbocycles. The number of likely N-dealkylation sites (N-methyl/N-ethyl adjacent to an activating group) is 1. The summed E-state index contributed by atoms with van der Waals surface area (Å²) in [4.78, 5) is 4.65. The van der Waals surface area contributed by atoms with Gasteiger partial charge in [-0.1, -0.05) is 12.1 Å². The van der Waals surface area contributed by atoms with Gasteiger partial charge in [-0.25, -0.2) is 4.39 Å². The Morgan fingerprint density at radius 2 is 2.06 bits per heavy atom. The summed E-state index contributed by atoms with van der Waals surface area (Å²) in [6, 6.07) is 7.10. The van der Waals surface area contributed by atoms with Gasteiger partial charge in [-0.05, 0) is 44.8 Å². The van der Waals surface area contributed by atoms with Gasteiger partial charge in [-0.15, -0.1) is 0 Å². The Bertz CT molecular complexity index is 377. The van der Waals surface area contributed by atoms with Crippen LogP contribution in [0.1, 0.15) is 18.0 Å². The molecular formula is C14H22FN3. The molecule has 4 heteroatoms. The fraction of sp³-hybridized carbons (Fsp3) is 0.571. The van der Waals surface area contributed by atoms with Crippen molar-refractivity contribution in [2.24, 2.45) is 5.73 Å². The maximum Gasteiger partial charge on any atom is 0.123 e. The van der Waals surface area contributed by atoms with E-state index in [1.54, 1.807) is 12.1 Å². The average molecular weight is 251 g/mol. The van der Waals surface area contributed by atoms with E-state index in [1.807, 2.05) is 0 Å². The lowest BCUT2D eigenvalue weighted by Gasteiger charge is -2.23. The molecule has 2 N–H and O–H groups in total. The molecule has 2 unspecified atom stereocenters. The maximum atomic E-state index is 12.8. The molecule has 0 radical (unpaired) electrons. The molecule has 0 spiro atoms. The Balaban J connectivity index is 1.88. The minimum atomic E-state index is -0.209. The van der Waals surface area contributed by atoms with Crippen molar-refractivity contribution in [2.75, 3.05) is 33.7 Å². The molecule has 1 saturated heterocycles. The van der Waals surface area contributed by atoms with Gasteiger partial charge < -0.3 is 10.6 Å². The van der Waals surface area contributed by atoms with Crippen molar-refractivity contribution in [1.29, 1.82) is 0 Å². The quantitative estimate of drug-likeness (QED) is 0.879. The highest BCUT2D eigenvalue weighted by molar-refractivity contribution is 5.19. The monoisotopic (exact) mass is 251 g/mol. The number of likely N-dealkylation sites (tertiary alicyclic amines) is 1. The number of nitrogens with two attached hydrogens (primary N) is 1. The zero-order valence-electron chi connectivity index (χ0n) is 11.1. The van der Waals surface area contributed by atoms with Crippen molar-refractivity contribution in [1.82, 2.24) is 9.80 Å². The lowest BCUT2D eigenvalue weighted by atomic mass is 10.1. The standard InChI is InChI=1S/C14H22FN3/c1-17(2)13-7-8-18(9-13)10-14(16)11-3-5-12(15)6-4-11/h3-6,13-14H,7-10,16H2,1-2H3. The SMILES string of the molecule is CN(C)C1CCN(CC(N)c2ccc(F)cc2)C1. The summed E-state index contributed by atoms with van der Waals surface area (Å²) in [5, 5.41) is 0. The van der Waals surface area contributed by atoms with Crippen LogP contribution in [0.4, 0.5) is 4.39 Å². The maximum absolute atomic E-state index is 12.8. The summed E-state index contributed by atoms with van der Waals surface area (Å²) in [7, 11) is 4.24. The molecule has 1 fully saturated rings. The molecule has 2 rings (SSSR count). The minimum absolute atomic E-state index is 0.0356. The first-order valence-electron chi connectivity index (χ1n) is 6.46. The fourth-order valence-electron chi connectivity index (χ4n) is 2.49. The Labute approximate surface area is 108 Å². The molecule has 1 aliphatic heterocycles. The molecule has 1 aromatic rings. The van der Waals surface area contributed by atoms with E-state index in [0.717, 1.165) is 25.2 Å². The first-order chi connectivity index (χ1) is 8.56. The third-order valence-corrected chi connectivity index (χ3v) is 3.73. The predicted octanol–water partition coefficient (Wildman–Crippen LogP) is 1.46. The lowest BCUT2D eigenvalue weighted by molar-refractivity contribution is 0.260. The van der Waals surface area contributed by atoms with Crippen molar-refractivity contribution < 1.29 is 4.39 Å². The van der Waals surface area contributed by atoms with Gasteiger partial charge >= 0.3 is 0 Å². The Morgan fingerprint density at radius 3 is 2.61 bits per heavy atom. The molecule has 0 aliphatic carbocycles. The van der Waals surface area contributed by atoms with Crippen LogP contribution in [0.5, 0.6) is 0 Å². The zero-order valence-corrected chi connectivity index (χ0v) is 11.1. The number of nitrogens with zero attached hydrogens (tertiary/aromatic N) is 2. The van der Waals surface area contributed by atoms with E-state index >= 15 is 0 Å². The van der Waals surface area contributed by atoms with Gasteiger partial charge in [0.15, 0.2) is 0 Å². The van der Waals surface area contributed by atoms with E-state index in [1.165, 1.54) is 18.6 Å². The molecule has 0 amide bonds. The average Bonchev–Trinajstić information content (AvgIpc) is 2.78. The van der Waals surface area contributed by atoms with Crippen LogP contribution < -0.4 is 5.73 Å². The summed E-state index contributed by atoms with van der Waals surface area (Å²) in [5.74, 6) is -0.209. The highest BCUT2D eigenvalue weighted by Crippen LogP contribution is 2.18. The predicted molar refractivity (Wildman–Crippen MR) is 71.9 cm³/mol. The van der Waals surface area contributed by atoms with Gasteiger partial charge in [0.1, 0.15) is 5.82 Å². The molecule has 1 heterocycles. The molecule has 0 bridgehead atoms. The van der Waals surface area contributed by atoms with Gasteiger partial charge in [0.05, 0.1) is 0 Å². The minimum Gasteiger partial charge on any atom is -0.323 e. The Morgan fingerprint density at radius 1 is 1.39 bits per heavy atom. The second-order valence-corrected chi connectivity index (χ2v) is 5.32. The van der Waals surface area contributed by atoms with Gasteiger partial charge in [0, 0.05) is 25.2 Å². The van der Waals surface area contributed by atoms with E-state index in [0.29, 0.717) is 6.04 Å². The second kappa shape index (κ2) is 5.78. The summed E-state index contributed by atoms with van der Waals surface area (Å²) < 4.78 is 12.8. The molecular weight excluding hydrogens is 229 g/mol. The molecule has 3 nitrogen and oxygen atoms in total. The normalized spacial score (nSPS) is 22.6. The number of halogens is 1. The molecule has 18 heavy (non-hydrogen) atoms. The van der Waals surface area contributed by atoms with Crippen molar-refractivity contribution >= 4 is 0 Å². The molecule has 0 aromatic heterocycles. The third-order valence-electron chi connectivity index (χ3n) is 3.73. The fourth-order valence-corrected chi connectivity index (χ4v) is 2.49. The molecule has 1 aliphatic rings. The first-order valence-corrected chi connectivity index (χ1v) is 6.46. The summed E-state index contributed by atoms with van der Waals surface area (Å²) in [5.41, 5.74) is 7.17. The number of rotatable bonds is 4. The summed E-state index contributed by atoms with van der Waals surface area (Å²) in [6.45, 7) is 3.01. The van der Waals surface area contributed by atoms with Crippen molar-refractivity contribution in [3.63, 3.8) is 0 Å². The van der Waals surface area contributed by atoms with Crippen molar-refractivity contribution in [3.05, 3.63) is 35.6 Å². The Hall–Kier alpha value is -0.970. The topological polar surface area (TPSA) is 32.5 Å². The largest absolute Gasteiger partial charge is 0.323 e. The summed E-state index contributed by atoms with van der Waals surface area (Å²) >= 11 is 0. The smallest absolute Gasteiger partial charge is 0.123 e. The highest BCUT2D eigenvalue weighted by atomic mass is 19.1. The third kappa shape index (κ3) is 3.28. The van der Waals surface area contributed by atoms with E-state index in [-0.39, 0.29) is 11.9 Å². The van der Waals surface area contributed by atoms with Crippen LogP contribution in [0.15, 0.2) is 24.3 Å². The van der Waals surface area contributed by atoms with Gasteiger partial charge in [-0.3, -0.25) is 4.90 Å². The molecule has 2 atom stereocenters. The number of hydrogen-bond acceptors (Lipinski definition) is 3. The van der Waals surface area contributed by atoms with Gasteiger partial charge in [0.25, 0.3) is 0 Å². The van der Waals surface area contributed by atoms with Crippen LogP contribution >= 0.6 is 0 Å². The number of hydrogen-bond donors (Lipinski definition) is 1. The van der Waals surface area contributed by atoms with Crippen LogP contribution in [0.3, 0.4) is 0 Å². The number of benzene rings is 1. The van der Waals surface area contributed by atoms with Crippen LogP contribution in [-0.4, -0.2) is 49.6 Å². The van der Waals surface area contributed by atoms with Crippen LogP contribution in [-0.2, 0) is 0 Å². The highest BCUT2D eigenvalue weighted by Gasteiger charge is 2.25. The molecule has 0 saturated carbocycles. The van der Waals surface area contributed by atoms with E-state index < -0.39 is 0 Å². The van der Waals surface area contributed by atoms with Gasteiger partial charge in [0.2, 0.25) is 0 Å². The van der Waals surface area contributed by atoms with Crippen LogP contribution in [0.25, 0.3) is 0 Å². The molecule has 100 valence electrons. The second-order valence-electron chi connectivity index (χ2n) is 5.32. The van der Waals surface area contributed by atoms with Crippen LogP contribution in [0.2, 0.25) is 0 Å². The van der Waals surface area contributed by atoms with E-state index in [4.69, 9.17) is 5.73 Å². The lowest BCUT2D eigenvalue weighted by Crippen LogP contribution is -2.34.